The summed E-state index contributed by atoms with van der Waals surface area (Å²) in [5.41, 5.74) is 5.71. The zero-order chi connectivity index (χ0) is 25.8. The minimum absolute atomic E-state index is 0.199. The molecule has 0 fully saturated rings. The van der Waals surface area contributed by atoms with E-state index in [1.165, 1.54) is 6.92 Å². The lowest BCUT2D eigenvalue weighted by molar-refractivity contribution is -0.251. The molecule has 0 saturated carbocycles. The third-order valence-corrected chi connectivity index (χ3v) is 4.89. The molecule has 0 aromatic heterocycles. The zero-order valence-corrected chi connectivity index (χ0v) is 19.2. The summed E-state index contributed by atoms with van der Waals surface area (Å²) in [6.07, 6.45) is -2.37. The molecule has 0 saturated heterocycles. The second kappa shape index (κ2) is 14.9. The van der Waals surface area contributed by atoms with E-state index in [9.17, 15) is 39.6 Å². The van der Waals surface area contributed by atoms with Crippen molar-refractivity contribution >= 4 is 23.6 Å². The molecule has 33 heavy (non-hydrogen) atoms. The van der Waals surface area contributed by atoms with Crippen molar-refractivity contribution in [3.63, 3.8) is 0 Å². The van der Waals surface area contributed by atoms with Crippen molar-refractivity contribution in [1.29, 1.82) is 0 Å². The highest BCUT2D eigenvalue weighted by Crippen LogP contribution is 2.22. The number of hydrogen-bond donors (Lipinski definition) is 8. The number of carboxylic acid groups (broad SMARTS) is 1. The van der Waals surface area contributed by atoms with E-state index in [-0.39, 0.29) is 13.0 Å². The Balaban J connectivity index is 4.52. The van der Waals surface area contributed by atoms with Gasteiger partial charge in [0.15, 0.2) is 5.79 Å². The number of hydrogen-bond acceptors (Lipinski definition) is 10. The van der Waals surface area contributed by atoms with Crippen LogP contribution in [0.1, 0.15) is 46.5 Å². The van der Waals surface area contributed by atoms with Gasteiger partial charge in [0.2, 0.25) is 11.8 Å². The van der Waals surface area contributed by atoms with Crippen LogP contribution in [0.25, 0.3) is 0 Å². The van der Waals surface area contributed by atoms with Gasteiger partial charge in [-0.1, -0.05) is 0 Å². The smallest absolute Gasteiger partial charge is 0.325 e. The van der Waals surface area contributed by atoms with Gasteiger partial charge < -0.3 is 46.6 Å². The third-order valence-electron chi connectivity index (χ3n) is 4.89. The van der Waals surface area contributed by atoms with Gasteiger partial charge >= 0.3 is 5.97 Å². The van der Waals surface area contributed by atoms with Gasteiger partial charge in [0.25, 0.3) is 0 Å². The number of aliphatic hydroxyl groups excluding tert-OH is 3. The Kier molecular flexibility index (Phi) is 13.9. The van der Waals surface area contributed by atoms with Crippen LogP contribution in [0.4, 0.5) is 0 Å². The van der Waals surface area contributed by atoms with Crippen LogP contribution in [0.3, 0.4) is 0 Å². The van der Waals surface area contributed by atoms with Crippen LogP contribution in [0.2, 0.25) is 0 Å². The van der Waals surface area contributed by atoms with E-state index in [1.54, 1.807) is 0 Å². The normalized spacial score (nSPS) is 17.7. The van der Waals surface area contributed by atoms with Crippen LogP contribution in [0.5, 0.6) is 0 Å². The Morgan fingerprint density at radius 3 is 2.21 bits per heavy atom. The van der Waals surface area contributed by atoms with E-state index in [4.69, 9.17) is 15.6 Å². The maximum Gasteiger partial charge on any atom is 0.325 e. The second-order valence-corrected chi connectivity index (χ2v) is 8.10. The van der Waals surface area contributed by atoms with Gasteiger partial charge in [-0.25, -0.2) is 0 Å². The van der Waals surface area contributed by atoms with Crippen molar-refractivity contribution < 1.29 is 49.4 Å². The fourth-order valence-corrected chi connectivity index (χ4v) is 2.92. The zero-order valence-electron chi connectivity index (χ0n) is 19.2. The molecular weight excluding hydrogens is 442 g/mol. The van der Waals surface area contributed by atoms with Gasteiger partial charge in [-0.3, -0.25) is 19.2 Å². The molecule has 9 N–H and O–H groups in total. The number of ketones is 1. The lowest BCUT2D eigenvalue weighted by atomic mass is 9.94. The van der Waals surface area contributed by atoms with Crippen molar-refractivity contribution in [3.8, 4) is 0 Å². The largest absolute Gasteiger partial charge is 0.480 e. The van der Waals surface area contributed by atoms with Crippen molar-refractivity contribution in [2.24, 2.45) is 11.7 Å². The number of Topliss-reactive ketones (excluding diaryl/α,β-unsaturated/α-hetero) is 1. The average Bonchev–Trinajstić information content (AvgIpc) is 2.71. The standard InChI is InChI=1S/C20H37N3O10/c1-11(19(30)31)23-18(29)14(21)6-4-5-7-22-16(28)8-20(3,32)33-17(15(27)10-25)13(9-24)12(2)26/h11,13-15,17,24-25,27,32H,4-10,21H2,1-3H3,(H,22,28)(H,23,29)(H,30,31)/t11-,13-,14-,15+,17-,20+/m0/s1. The maximum absolute atomic E-state index is 12.1. The highest BCUT2D eigenvalue weighted by Gasteiger charge is 2.38. The average molecular weight is 480 g/mol. The molecule has 13 heteroatoms. The lowest BCUT2D eigenvalue weighted by Gasteiger charge is -2.34. The predicted molar refractivity (Wildman–Crippen MR) is 115 cm³/mol. The number of rotatable bonds is 17. The first-order chi connectivity index (χ1) is 15.3. The molecule has 0 aromatic carbocycles. The molecule has 0 radical (unpaired) electrons. The van der Waals surface area contributed by atoms with Crippen molar-refractivity contribution in [2.75, 3.05) is 19.8 Å². The summed E-state index contributed by atoms with van der Waals surface area (Å²) < 4.78 is 5.31. The SMILES string of the molecule is CC(=O)[C@H](CO)[C@H](O[C@@](C)(O)CC(=O)NCCCC[C@H](N)C(=O)N[C@@H](C)C(=O)O)[C@H](O)CO. The van der Waals surface area contributed by atoms with Crippen LogP contribution < -0.4 is 16.4 Å². The number of aliphatic hydroxyl groups is 4. The minimum atomic E-state index is -2.10. The molecule has 6 atom stereocenters. The number of nitrogens with one attached hydrogen (secondary N) is 2. The molecular formula is C20H37N3O10. The second-order valence-electron chi connectivity index (χ2n) is 8.10. The summed E-state index contributed by atoms with van der Waals surface area (Å²) >= 11 is 0. The van der Waals surface area contributed by atoms with E-state index in [1.807, 2.05) is 0 Å². The maximum atomic E-state index is 12.1. The van der Waals surface area contributed by atoms with Crippen LogP contribution in [0.15, 0.2) is 0 Å². The van der Waals surface area contributed by atoms with Gasteiger partial charge in [0.05, 0.1) is 31.6 Å². The number of carbonyl (C=O) groups is 4. The number of nitrogens with two attached hydrogens (primary N) is 1. The van der Waals surface area contributed by atoms with Gasteiger partial charge in [-0.2, -0.15) is 0 Å². The summed E-state index contributed by atoms with van der Waals surface area (Å²) in [4.78, 5) is 46.3. The van der Waals surface area contributed by atoms with E-state index in [0.717, 1.165) is 13.8 Å². The molecule has 0 aliphatic carbocycles. The number of carboxylic acids is 1. The van der Waals surface area contributed by atoms with Crippen LogP contribution >= 0.6 is 0 Å². The number of amides is 2. The monoisotopic (exact) mass is 479 g/mol. The molecule has 0 bridgehead atoms. The predicted octanol–water partition coefficient (Wildman–Crippen LogP) is -2.78. The molecule has 0 heterocycles. The van der Waals surface area contributed by atoms with Crippen LogP contribution in [-0.2, 0) is 23.9 Å². The van der Waals surface area contributed by atoms with Crippen LogP contribution in [0, 0.1) is 5.92 Å². The quantitative estimate of drug-likeness (QED) is 0.0785. The summed E-state index contributed by atoms with van der Waals surface area (Å²) in [6, 6.07) is -1.95. The van der Waals surface area contributed by atoms with Crippen molar-refractivity contribution in [1.82, 2.24) is 10.6 Å². The number of aliphatic carboxylic acids is 1. The Bertz CT molecular complexity index is 658. The first-order valence-electron chi connectivity index (χ1n) is 10.6. The first-order valence-corrected chi connectivity index (χ1v) is 10.6. The number of ether oxygens (including phenoxy) is 1. The molecule has 2 amide bonds. The Morgan fingerprint density at radius 1 is 1.12 bits per heavy atom. The molecule has 0 unspecified atom stereocenters. The van der Waals surface area contributed by atoms with Crippen molar-refractivity contribution in [3.05, 3.63) is 0 Å². The summed E-state index contributed by atoms with van der Waals surface area (Å²) in [7, 11) is 0. The van der Waals surface area contributed by atoms with Gasteiger partial charge in [0, 0.05) is 6.54 Å². The fourth-order valence-electron chi connectivity index (χ4n) is 2.92. The van der Waals surface area contributed by atoms with Gasteiger partial charge in [-0.05, 0) is 40.0 Å². The highest BCUT2D eigenvalue weighted by molar-refractivity contribution is 5.86. The van der Waals surface area contributed by atoms with E-state index >= 15 is 0 Å². The molecule has 0 rings (SSSR count). The summed E-state index contributed by atoms with van der Waals surface area (Å²) in [5, 5.41) is 52.4. The van der Waals surface area contributed by atoms with Crippen LogP contribution in [-0.4, -0.2) is 98.9 Å². The molecule has 192 valence electrons. The number of carbonyl (C=O) groups excluding carboxylic acids is 3. The Hall–Kier alpha value is -2.16. The van der Waals surface area contributed by atoms with Gasteiger partial charge in [-0.15, -0.1) is 0 Å². The molecule has 0 aliphatic rings. The Morgan fingerprint density at radius 2 is 1.73 bits per heavy atom. The fraction of sp³-hybridized carbons (Fsp3) is 0.800. The Labute approximate surface area is 192 Å². The van der Waals surface area contributed by atoms with E-state index < -0.39 is 79.2 Å². The molecule has 0 spiro atoms. The number of unbranched alkanes of at least 4 members (excludes halogenated alkanes) is 1. The molecule has 13 nitrogen and oxygen atoms in total. The van der Waals surface area contributed by atoms with Gasteiger partial charge in [0.1, 0.15) is 24.0 Å². The minimum Gasteiger partial charge on any atom is -0.480 e. The topological polar surface area (TPSA) is 229 Å². The molecule has 0 aromatic rings. The van der Waals surface area contributed by atoms with Crippen molar-refractivity contribution in [2.45, 2.75) is 76.5 Å². The lowest BCUT2D eigenvalue weighted by Crippen LogP contribution is -2.49. The summed E-state index contributed by atoms with van der Waals surface area (Å²) in [5.74, 6) is -6.20. The third kappa shape index (κ3) is 12.0. The first kappa shape index (κ1) is 30.8. The van der Waals surface area contributed by atoms with E-state index in [2.05, 4.69) is 10.6 Å². The van der Waals surface area contributed by atoms with E-state index in [0.29, 0.717) is 12.8 Å². The highest BCUT2D eigenvalue weighted by atomic mass is 16.6. The summed E-state index contributed by atoms with van der Waals surface area (Å²) in [6.45, 7) is 2.35. The molecule has 0 aliphatic heterocycles.